The second-order valence-corrected chi connectivity index (χ2v) is 8.24. The number of pyridine rings is 1. The summed E-state index contributed by atoms with van der Waals surface area (Å²) in [6.45, 7) is 1.10. The van der Waals surface area contributed by atoms with Crippen LogP contribution in [0.4, 0.5) is 0 Å². The SMILES string of the molecule is O=C(NC(CCCCNC1CC1c1ccccc1)C(=O)NCc1cnco1)c1ccccn1. The van der Waals surface area contributed by atoms with Gasteiger partial charge in [-0.25, -0.2) is 4.98 Å². The number of aromatic nitrogens is 2. The first-order chi connectivity index (χ1) is 16.2. The van der Waals surface area contributed by atoms with E-state index in [0.29, 0.717) is 24.1 Å². The fourth-order valence-corrected chi connectivity index (χ4v) is 3.88. The third kappa shape index (κ3) is 6.73. The predicted octanol–water partition coefficient (Wildman–Crippen LogP) is 2.80. The zero-order valence-electron chi connectivity index (χ0n) is 18.4. The molecule has 0 spiro atoms. The van der Waals surface area contributed by atoms with Gasteiger partial charge >= 0.3 is 0 Å². The van der Waals surface area contributed by atoms with Crippen molar-refractivity contribution < 1.29 is 14.0 Å². The van der Waals surface area contributed by atoms with E-state index in [2.05, 4.69) is 50.2 Å². The van der Waals surface area contributed by atoms with Crippen LogP contribution in [0.25, 0.3) is 0 Å². The number of carbonyl (C=O) groups is 2. The molecule has 1 aliphatic carbocycles. The molecule has 1 aliphatic rings. The van der Waals surface area contributed by atoms with Crippen LogP contribution in [0.2, 0.25) is 0 Å². The summed E-state index contributed by atoms with van der Waals surface area (Å²) in [5, 5.41) is 9.24. The Kier molecular flexibility index (Phi) is 7.81. The smallest absolute Gasteiger partial charge is 0.270 e. The molecule has 3 unspecified atom stereocenters. The van der Waals surface area contributed by atoms with Gasteiger partial charge in [0, 0.05) is 18.2 Å². The number of carbonyl (C=O) groups excluding carboxylic acids is 2. The predicted molar refractivity (Wildman–Crippen MR) is 123 cm³/mol. The summed E-state index contributed by atoms with van der Waals surface area (Å²) in [5.74, 6) is 0.533. The van der Waals surface area contributed by atoms with Gasteiger partial charge in [0.15, 0.2) is 6.39 Å². The summed E-state index contributed by atoms with van der Waals surface area (Å²) in [6.07, 6.45) is 7.85. The number of nitrogens with zero attached hydrogens (tertiary/aromatic N) is 2. The summed E-state index contributed by atoms with van der Waals surface area (Å²) >= 11 is 0. The molecule has 0 bridgehead atoms. The molecule has 2 aromatic heterocycles. The van der Waals surface area contributed by atoms with Crippen molar-refractivity contribution in [2.45, 2.75) is 50.2 Å². The molecule has 8 nitrogen and oxygen atoms in total. The lowest BCUT2D eigenvalue weighted by molar-refractivity contribution is -0.123. The van der Waals surface area contributed by atoms with E-state index in [1.165, 1.54) is 12.0 Å². The van der Waals surface area contributed by atoms with Gasteiger partial charge in [-0.2, -0.15) is 0 Å². The molecule has 0 aliphatic heterocycles. The normalized spacial score (nSPS) is 17.8. The first-order valence-electron chi connectivity index (χ1n) is 11.4. The van der Waals surface area contributed by atoms with Crippen LogP contribution in [0.1, 0.15) is 53.4 Å². The van der Waals surface area contributed by atoms with Gasteiger partial charge in [-0.15, -0.1) is 0 Å². The number of rotatable bonds is 12. The van der Waals surface area contributed by atoms with Crippen molar-refractivity contribution in [3.63, 3.8) is 0 Å². The van der Waals surface area contributed by atoms with E-state index >= 15 is 0 Å². The van der Waals surface area contributed by atoms with E-state index in [1.54, 1.807) is 30.6 Å². The Hall–Kier alpha value is -3.52. The van der Waals surface area contributed by atoms with Crippen LogP contribution in [-0.4, -0.2) is 40.4 Å². The van der Waals surface area contributed by atoms with Crippen LogP contribution in [0.15, 0.2) is 71.7 Å². The highest BCUT2D eigenvalue weighted by atomic mass is 16.3. The lowest BCUT2D eigenvalue weighted by Crippen LogP contribution is -2.46. The minimum atomic E-state index is -0.652. The minimum Gasteiger partial charge on any atom is -0.447 e. The molecule has 172 valence electrons. The Bertz CT molecular complexity index is 1010. The lowest BCUT2D eigenvalue weighted by Gasteiger charge is -2.18. The Morgan fingerprint density at radius 2 is 1.94 bits per heavy atom. The molecule has 3 N–H and O–H groups in total. The van der Waals surface area contributed by atoms with Crippen molar-refractivity contribution >= 4 is 11.8 Å². The van der Waals surface area contributed by atoms with Crippen molar-refractivity contribution in [2.24, 2.45) is 0 Å². The first-order valence-corrected chi connectivity index (χ1v) is 11.4. The number of nitrogens with one attached hydrogen (secondary N) is 3. The van der Waals surface area contributed by atoms with Gasteiger partial charge in [0.25, 0.3) is 5.91 Å². The van der Waals surface area contributed by atoms with Crippen molar-refractivity contribution in [3.05, 3.63) is 84.3 Å². The zero-order chi connectivity index (χ0) is 22.9. The molecular formula is C25H29N5O3. The lowest BCUT2D eigenvalue weighted by atomic mass is 10.1. The number of amides is 2. The topological polar surface area (TPSA) is 109 Å². The molecule has 3 atom stereocenters. The third-order valence-corrected chi connectivity index (χ3v) is 5.78. The molecule has 1 saturated carbocycles. The molecule has 33 heavy (non-hydrogen) atoms. The molecule has 4 rings (SSSR count). The zero-order valence-corrected chi connectivity index (χ0v) is 18.4. The summed E-state index contributed by atoms with van der Waals surface area (Å²) in [6, 6.07) is 15.5. The van der Waals surface area contributed by atoms with E-state index in [9.17, 15) is 9.59 Å². The molecule has 0 radical (unpaired) electrons. The van der Waals surface area contributed by atoms with Crippen molar-refractivity contribution in [1.82, 2.24) is 25.9 Å². The van der Waals surface area contributed by atoms with Crippen LogP contribution in [0, 0.1) is 0 Å². The fraction of sp³-hybridized carbons (Fsp3) is 0.360. The van der Waals surface area contributed by atoms with Gasteiger partial charge in [-0.05, 0) is 49.9 Å². The van der Waals surface area contributed by atoms with Crippen molar-refractivity contribution in [2.75, 3.05) is 6.54 Å². The largest absolute Gasteiger partial charge is 0.447 e. The van der Waals surface area contributed by atoms with Crippen LogP contribution in [0.5, 0.6) is 0 Å². The summed E-state index contributed by atoms with van der Waals surface area (Å²) in [7, 11) is 0. The van der Waals surface area contributed by atoms with Crippen LogP contribution in [0.3, 0.4) is 0 Å². The van der Waals surface area contributed by atoms with E-state index < -0.39 is 6.04 Å². The number of hydrogen-bond donors (Lipinski definition) is 3. The van der Waals surface area contributed by atoms with Crippen molar-refractivity contribution in [3.8, 4) is 0 Å². The summed E-state index contributed by atoms with van der Waals surface area (Å²) < 4.78 is 5.16. The Labute approximate surface area is 193 Å². The highest BCUT2D eigenvalue weighted by Gasteiger charge is 2.37. The van der Waals surface area contributed by atoms with Gasteiger partial charge < -0.3 is 20.4 Å². The summed E-state index contributed by atoms with van der Waals surface area (Å²) in [5.41, 5.74) is 1.67. The molecule has 8 heteroatoms. The third-order valence-electron chi connectivity index (χ3n) is 5.78. The maximum Gasteiger partial charge on any atom is 0.270 e. The van der Waals surface area contributed by atoms with Crippen LogP contribution in [-0.2, 0) is 11.3 Å². The molecule has 3 aromatic rings. The van der Waals surface area contributed by atoms with Crippen LogP contribution < -0.4 is 16.0 Å². The highest BCUT2D eigenvalue weighted by Crippen LogP contribution is 2.40. The Morgan fingerprint density at radius 1 is 1.09 bits per heavy atom. The molecule has 0 saturated heterocycles. The molecule has 1 aromatic carbocycles. The standard InChI is InChI=1S/C25H29N5O3/c31-24(29-16-19-15-26-17-33-19)22(30-25(32)21-10-4-6-12-27-21)11-5-7-13-28-23-14-20(23)18-8-2-1-3-9-18/h1-4,6,8-10,12,15,17,20,22-23,28H,5,7,11,13-14,16H2,(H,29,31)(H,30,32). The van der Waals surface area contributed by atoms with Gasteiger partial charge in [-0.3, -0.25) is 14.6 Å². The molecule has 1 fully saturated rings. The molecular weight excluding hydrogens is 418 g/mol. The van der Waals surface area contributed by atoms with Gasteiger partial charge in [0.2, 0.25) is 5.91 Å². The average molecular weight is 448 g/mol. The number of hydrogen-bond acceptors (Lipinski definition) is 6. The minimum absolute atomic E-state index is 0.221. The quantitative estimate of drug-likeness (QED) is 0.369. The first kappa shape index (κ1) is 22.7. The maximum atomic E-state index is 12.8. The molecule has 2 amide bonds. The van der Waals surface area contributed by atoms with E-state index in [4.69, 9.17) is 4.42 Å². The van der Waals surface area contributed by atoms with Gasteiger partial charge in [0.1, 0.15) is 17.5 Å². The van der Waals surface area contributed by atoms with E-state index in [-0.39, 0.29) is 24.1 Å². The second kappa shape index (κ2) is 11.4. The monoisotopic (exact) mass is 447 g/mol. The van der Waals surface area contributed by atoms with Gasteiger partial charge in [-0.1, -0.05) is 36.4 Å². The summed E-state index contributed by atoms with van der Waals surface area (Å²) in [4.78, 5) is 33.2. The van der Waals surface area contributed by atoms with Crippen molar-refractivity contribution in [1.29, 1.82) is 0 Å². The average Bonchev–Trinajstić information content (AvgIpc) is 3.44. The van der Waals surface area contributed by atoms with Crippen LogP contribution >= 0.6 is 0 Å². The van der Waals surface area contributed by atoms with E-state index in [1.807, 2.05) is 6.07 Å². The van der Waals surface area contributed by atoms with E-state index in [0.717, 1.165) is 25.8 Å². The second-order valence-electron chi connectivity index (χ2n) is 8.24. The maximum absolute atomic E-state index is 12.8. The van der Waals surface area contributed by atoms with Gasteiger partial charge in [0.05, 0.1) is 12.7 Å². The number of unbranched alkanes of at least 4 members (excludes halogenated alkanes) is 1. The Balaban J connectivity index is 1.23. The fourth-order valence-electron chi connectivity index (χ4n) is 3.88. The Morgan fingerprint density at radius 3 is 2.70 bits per heavy atom. The molecule has 2 heterocycles. The number of oxazole rings is 1. The highest BCUT2D eigenvalue weighted by molar-refractivity contribution is 5.96. The number of benzene rings is 1.